The maximum atomic E-state index is 3.54. The van der Waals surface area contributed by atoms with Crippen molar-refractivity contribution in [3.05, 3.63) is 0 Å². The van der Waals surface area contributed by atoms with Gasteiger partial charge in [0.2, 0.25) is 0 Å². The zero-order chi connectivity index (χ0) is 8.86. The summed E-state index contributed by atoms with van der Waals surface area (Å²) in [5.41, 5.74) is 0.661. The van der Waals surface area contributed by atoms with Crippen LogP contribution in [0.2, 0.25) is 0 Å². The van der Waals surface area contributed by atoms with Gasteiger partial charge in [-0.25, -0.2) is 0 Å². The summed E-state index contributed by atoms with van der Waals surface area (Å²) in [6, 6.07) is 0. The predicted octanol–water partition coefficient (Wildman–Crippen LogP) is 2.96. The van der Waals surface area contributed by atoms with Crippen LogP contribution in [-0.2, 0) is 0 Å². The van der Waals surface area contributed by atoms with E-state index in [0.29, 0.717) is 5.41 Å². The van der Waals surface area contributed by atoms with Crippen molar-refractivity contribution in [2.24, 2.45) is 5.41 Å². The van der Waals surface area contributed by atoms with E-state index in [4.69, 9.17) is 0 Å². The van der Waals surface area contributed by atoms with E-state index in [2.05, 4.69) is 19.2 Å². The van der Waals surface area contributed by atoms with Gasteiger partial charge in [0.15, 0.2) is 0 Å². The summed E-state index contributed by atoms with van der Waals surface area (Å²) in [5.74, 6) is 0. The molecule has 1 aliphatic heterocycles. The molecule has 1 heteroatoms. The van der Waals surface area contributed by atoms with E-state index in [0.717, 1.165) is 0 Å². The topological polar surface area (TPSA) is 12.0 Å². The molecule has 0 radical (unpaired) electrons. The van der Waals surface area contributed by atoms with E-state index in [1.807, 2.05) is 0 Å². The fourth-order valence-electron chi connectivity index (χ4n) is 2.27. The van der Waals surface area contributed by atoms with Gasteiger partial charge in [0, 0.05) is 6.54 Å². The molecule has 1 fully saturated rings. The third-order valence-corrected chi connectivity index (χ3v) is 3.37. The molecule has 1 rings (SSSR count). The highest BCUT2D eigenvalue weighted by Crippen LogP contribution is 2.35. The molecule has 1 saturated heterocycles. The molecule has 1 N–H and O–H groups in total. The molecule has 0 aromatic carbocycles. The molecule has 0 spiro atoms. The summed E-state index contributed by atoms with van der Waals surface area (Å²) in [6.45, 7) is 7.15. The van der Waals surface area contributed by atoms with E-state index in [1.54, 1.807) is 0 Å². The second-order valence-corrected chi connectivity index (χ2v) is 4.24. The molecule has 0 aromatic heterocycles. The zero-order valence-electron chi connectivity index (χ0n) is 8.66. The highest BCUT2D eigenvalue weighted by atomic mass is 14.9. The van der Waals surface area contributed by atoms with Gasteiger partial charge in [-0.15, -0.1) is 0 Å². The fraction of sp³-hybridized carbons (Fsp3) is 1.00. The van der Waals surface area contributed by atoms with Crippen molar-refractivity contribution in [2.45, 2.75) is 52.4 Å². The van der Waals surface area contributed by atoms with Gasteiger partial charge >= 0.3 is 0 Å². The van der Waals surface area contributed by atoms with Gasteiger partial charge in [-0.1, -0.05) is 26.7 Å². The molecule has 12 heavy (non-hydrogen) atoms. The molecule has 1 heterocycles. The van der Waals surface area contributed by atoms with E-state index in [1.165, 1.54) is 51.6 Å². The van der Waals surface area contributed by atoms with Crippen LogP contribution in [0.25, 0.3) is 0 Å². The van der Waals surface area contributed by atoms with Crippen LogP contribution in [0, 0.1) is 5.41 Å². The van der Waals surface area contributed by atoms with Crippen LogP contribution in [-0.4, -0.2) is 13.1 Å². The number of piperidine rings is 1. The number of hydrogen-bond acceptors (Lipinski definition) is 1. The van der Waals surface area contributed by atoms with Gasteiger partial charge in [-0.3, -0.25) is 0 Å². The van der Waals surface area contributed by atoms with E-state index >= 15 is 0 Å². The summed E-state index contributed by atoms with van der Waals surface area (Å²) in [6.07, 6.45) is 8.40. The van der Waals surface area contributed by atoms with Crippen molar-refractivity contribution >= 4 is 0 Å². The van der Waals surface area contributed by atoms with Gasteiger partial charge in [-0.05, 0) is 37.6 Å². The van der Waals surface area contributed by atoms with Crippen molar-refractivity contribution in [1.82, 2.24) is 5.32 Å². The Labute approximate surface area is 76.9 Å². The van der Waals surface area contributed by atoms with Crippen LogP contribution in [0.3, 0.4) is 0 Å². The smallest absolute Gasteiger partial charge is 0.000771 e. The Hall–Kier alpha value is -0.0400. The standard InChI is InChI=1S/C11H23N/c1-3-5-7-11(4-2)8-6-9-12-10-11/h12H,3-10H2,1-2H3. The summed E-state index contributed by atoms with van der Waals surface area (Å²) in [7, 11) is 0. The Kier molecular flexibility index (Phi) is 4.07. The number of hydrogen-bond donors (Lipinski definition) is 1. The van der Waals surface area contributed by atoms with Crippen molar-refractivity contribution in [1.29, 1.82) is 0 Å². The second-order valence-electron chi connectivity index (χ2n) is 4.24. The molecule has 0 aromatic rings. The summed E-state index contributed by atoms with van der Waals surface area (Å²) >= 11 is 0. The maximum absolute atomic E-state index is 3.54. The molecule has 1 aliphatic rings. The maximum Gasteiger partial charge on any atom is 0.000771 e. The third-order valence-electron chi connectivity index (χ3n) is 3.37. The van der Waals surface area contributed by atoms with Crippen LogP contribution in [0.1, 0.15) is 52.4 Å². The molecule has 1 atom stereocenters. The SMILES string of the molecule is CCCCC1(CC)CCCNC1. The molecule has 0 amide bonds. The second kappa shape index (κ2) is 4.86. The molecule has 1 unspecified atom stereocenters. The predicted molar refractivity (Wildman–Crippen MR) is 54.4 cm³/mol. The lowest BCUT2D eigenvalue weighted by Crippen LogP contribution is -2.39. The molecular weight excluding hydrogens is 146 g/mol. The first-order valence-corrected chi connectivity index (χ1v) is 5.54. The first-order chi connectivity index (χ1) is 5.83. The quantitative estimate of drug-likeness (QED) is 0.682. The third kappa shape index (κ3) is 2.48. The number of nitrogens with one attached hydrogen (secondary N) is 1. The summed E-state index contributed by atoms with van der Waals surface area (Å²) in [5, 5.41) is 3.54. The lowest BCUT2D eigenvalue weighted by atomic mass is 9.74. The van der Waals surface area contributed by atoms with Crippen molar-refractivity contribution < 1.29 is 0 Å². The summed E-state index contributed by atoms with van der Waals surface area (Å²) in [4.78, 5) is 0. The molecule has 0 aliphatic carbocycles. The number of rotatable bonds is 4. The lowest BCUT2D eigenvalue weighted by molar-refractivity contribution is 0.179. The highest BCUT2D eigenvalue weighted by Gasteiger charge is 2.28. The Morgan fingerprint density at radius 2 is 2.17 bits per heavy atom. The van der Waals surface area contributed by atoms with Gasteiger partial charge in [0.25, 0.3) is 0 Å². The molecular formula is C11H23N. The zero-order valence-corrected chi connectivity index (χ0v) is 8.66. The Morgan fingerprint density at radius 3 is 2.67 bits per heavy atom. The molecule has 0 saturated carbocycles. The van der Waals surface area contributed by atoms with Crippen LogP contribution in [0.4, 0.5) is 0 Å². The Balaban J connectivity index is 2.37. The highest BCUT2D eigenvalue weighted by molar-refractivity contribution is 4.83. The summed E-state index contributed by atoms with van der Waals surface area (Å²) < 4.78 is 0. The van der Waals surface area contributed by atoms with Gasteiger partial charge in [0.1, 0.15) is 0 Å². The largest absolute Gasteiger partial charge is 0.316 e. The molecule has 1 nitrogen and oxygen atoms in total. The number of unbranched alkanes of at least 4 members (excludes halogenated alkanes) is 1. The van der Waals surface area contributed by atoms with Crippen molar-refractivity contribution in [3.8, 4) is 0 Å². The Morgan fingerprint density at radius 1 is 1.33 bits per heavy atom. The Bertz CT molecular complexity index is 114. The molecule has 0 bridgehead atoms. The average Bonchev–Trinajstić information content (AvgIpc) is 2.16. The minimum Gasteiger partial charge on any atom is -0.316 e. The monoisotopic (exact) mass is 169 g/mol. The van der Waals surface area contributed by atoms with Crippen molar-refractivity contribution in [3.63, 3.8) is 0 Å². The van der Waals surface area contributed by atoms with Crippen LogP contribution >= 0.6 is 0 Å². The van der Waals surface area contributed by atoms with Gasteiger partial charge in [0.05, 0.1) is 0 Å². The van der Waals surface area contributed by atoms with E-state index < -0.39 is 0 Å². The average molecular weight is 169 g/mol. The van der Waals surface area contributed by atoms with Crippen LogP contribution in [0.5, 0.6) is 0 Å². The molecule has 72 valence electrons. The van der Waals surface area contributed by atoms with E-state index in [-0.39, 0.29) is 0 Å². The normalized spacial score (nSPS) is 30.5. The van der Waals surface area contributed by atoms with E-state index in [9.17, 15) is 0 Å². The van der Waals surface area contributed by atoms with Gasteiger partial charge in [-0.2, -0.15) is 0 Å². The minimum absolute atomic E-state index is 0.661. The lowest BCUT2D eigenvalue weighted by Gasteiger charge is -2.37. The first-order valence-electron chi connectivity index (χ1n) is 5.54. The van der Waals surface area contributed by atoms with Crippen LogP contribution < -0.4 is 5.32 Å². The fourth-order valence-corrected chi connectivity index (χ4v) is 2.27. The van der Waals surface area contributed by atoms with Crippen LogP contribution in [0.15, 0.2) is 0 Å². The van der Waals surface area contributed by atoms with Gasteiger partial charge < -0.3 is 5.32 Å². The van der Waals surface area contributed by atoms with Crippen molar-refractivity contribution in [2.75, 3.05) is 13.1 Å². The minimum atomic E-state index is 0.661. The first kappa shape index (κ1) is 10.0.